The Morgan fingerprint density at radius 1 is 1.26 bits per heavy atom. The summed E-state index contributed by atoms with van der Waals surface area (Å²) in [4.78, 5) is 0. The molecule has 1 aromatic carbocycles. The molecule has 0 spiro atoms. The molecule has 1 unspecified atom stereocenters. The zero-order valence-electron chi connectivity index (χ0n) is 10.8. The van der Waals surface area contributed by atoms with Gasteiger partial charge in [-0.1, -0.05) is 6.07 Å². The van der Waals surface area contributed by atoms with Crippen molar-refractivity contribution in [2.75, 3.05) is 6.61 Å². The fourth-order valence-corrected chi connectivity index (χ4v) is 2.30. The third-order valence-electron chi connectivity index (χ3n) is 3.44. The molecule has 0 aromatic heterocycles. The third kappa shape index (κ3) is 3.62. The predicted octanol–water partition coefficient (Wildman–Crippen LogP) is 3.56. The van der Waals surface area contributed by atoms with Crippen LogP contribution in [0, 0.1) is 0 Å². The van der Waals surface area contributed by atoms with E-state index in [1.807, 2.05) is 6.07 Å². The fraction of sp³-hybridized carbons (Fsp3) is 0.571. The van der Waals surface area contributed by atoms with Crippen LogP contribution < -0.4 is 4.74 Å². The molecule has 2 nitrogen and oxygen atoms in total. The molecule has 1 N–H and O–H groups in total. The Labute approximate surface area is 110 Å². The zero-order chi connectivity index (χ0) is 14.1. The number of benzene rings is 1. The molecule has 0 fully saturated rings. The molecule has 5 heteroatoms. The highest BCUT2D eigenvalue weighted by atomic mass is 19.4. The Morgan fingerprint density at radius 3 is 2.68 bits per heavy atom. The van der Waals surface area contributed by atoms with Gasteiger partial charge in [-0.3, -0.25) is 0 Å². The molecule has 1 aromatic rings. The lowest BCUT2D eigenvalue weighted by atomic mass is 9.89. The highest BCUT2D eigenvalue weighted by Crippen LogP contribution is 2.34. The zero-order valence-corrected chi connectivity index (χ0v) is 10.8. The van der Waals surface area contributed by atoms with Crippen molar-refractivity contribution in [2.24, 2.45) is 0 Å². The minimum atomic E-state index is -4.16. The SMILES string of the molecule is CC(O)(CCCC(F)(F)F)c1ccc2c(c1)CCO2. The van der Waals surface area contributed by atoms with Gasteiger partial charge in [0.1, 0.15) is 5.75 Å². The average Bonchev–Trinajstić information content (AvgIpc) is 2.73. The van der Waals surface area contributed by atoms with Gasteiger partial charge in [-0.2, -0.15) is 13.2 Å². The predicted molar refractivity (Wildman–Crippen MR) is 65.1 cm³/mol. The second-order valence-electron chi connectivity index (χ2n) is 5.16. The van der Waals surface area contributed by atoms with Crippen LogP contribution in [-0.4, -0.2) is 17.9 Å². The number of aliphatic hydroxyl groups is 1. The van der Waals surface area contributed by atoms with E-state index in [4.69, 9.17) is 4.74 Å². The third-order valence-corrected chi connectivity index (χ3v) is 3.44. The van der Waals surface area contributed by atoms with Crippen molar-refractivity contribution in [3.05, 3.63) is 29.3 Å². The topological polar surface area (TPSA) is 29.5 Å². The Balaban J connectivity index is 2.03. The Morgan fingerprint density at radius 2 is 2.00 bits per heavy atom. The summed E-state index contributed by atoms with van der Waals surface area (Å²) in [5, 5.41) is 10.3. The molecule has 2 rings (SSSR count). The molecule has 1 aliphatic rings. The highest BCUT2D eigenvalue weighted by molar-refractivity contribution is 5.41. The lowest BCUT2D eigenvalue weighted by molar-refractivity contribution is -0.137. The maximum absolute atomic E-state index is 12.1. The van der Waals surface area contributed by atoms with E-state index in [1.54, 1.807) is 19.1 Å². The van der Waals surface area contributed by atoms with E-state index in [-0.39, 0.29) is 12.8 Å². The van der Waals surface area contributed by atoms with Crippen LogP contribution in [0.15, 0.2) is 18.2 Å². The lowest BCUT2D eigenvalue weighted by Crippen LogP contribution is -2.22. The molecular formula is C14H17F3O2. The molecule has 1 atom stereocenters. The van der Waals surface area contributed by atoms with Crippen molar-refractivity contribution in [3.63, 3.8) is 0 Å². The molecule has 1 aliphatic heterocycles. The normalized spacial score (nSPS) is 17.7. The fourth-order valence-electron chi connectivity index (χ4n) is 2.30. The number of fused-ring (bicyclic) bond motifs is 1. The largest absolute Gasteiger partial charge is 0.493 e. The van der Waals surface area contributed by atoms with Gasteiger partial charge in [-0.05, 0) is 43.0 Å². The second-order valence-corrected chi connectivity index (χ2v) is 5.16. The Bertz CT molecular complexity index is 452. The molecule has 0 saturated carbocycles. The first-order chi connectivity index (χ1) is 8.78. The minimum absolute atomic E-state index is 0.0793. The number of ether oxygens (including phenoxy) is 1. The molecule has 19 heavy (non-hydrogen) atoms. The highest BCUT2D eigenvalue weighted by Gasteiger charge is 2.30. The van der Waals surface area contributed by atoms with Crippen molar-refractivity contribution in [1.82, 2.24) is 0 Å². The van der Waals surface area contributed by atoms with Crippen LogP contribution in [0.25, 0.3) is 0 Å². The minimum Gasteiger partial charge on any atom is -0.493 e. The number of alkyl halides is 3. The van der Waals surface area contributed by atoms with E-state index < -0.39 is 18.2 Å². The summed E-state index contributed by atoms with van der Waals surface area (Å²) in [7, 11) is 0. The van der Waals surface area contributed by atoms with Crippen LogP contribution in [0.5, 0.6) is 5.75 Å². The van der Waals surface area contributed by atoms with Gasteiger partial charge < -0.3 is 9.84 Å². The first-order valence-electron chi connectivity index (χ1n) is 6.33. The van der Waals surface area contributed by atoms with Crippen LogP contribution in [0.3, 0.4) is 0 Å². The summed E-state index contributed by atoms with van der Waals surface area (Å²) in [6.07, 6.45) is -4.24. The second kappa shape index (κ2) is 5.04. The standard InChI is InChI=1S/C14H17F3O2/c1-13(18,6-2-7-14(15,16)17)11-3-4-12-10(9-11)5-8-19-12/h3-4,9,18H,2,5-8H2,1H3. The van der Waals surface area contributed by atoms with E-state index in [9.17, 15) is 18.3 Å². The molecule has 0 radical (unpaired) electrons. The first-order valence-corrected chi connectivity index (χ1v) is 6.33. The smallest absolute Gasteiger partial charge is 0.389 e. The summed E-state index contributed by atoms with van der Waals surface area (Å²) >= 11 is 0. The molecular weight excluding hydrogens is 257 g/mol. The first kappa shape index (κ1) is 14.2. The molecule has 0 amide bonds. The van der Waals surface area contributed by atoms with E-state index in [0.29, 0.717) is 12.2 Å². The van der Waals surface area contributed by atoms with Gasteiger partial charge in [0.25, 0.3) is 0 Å². The van der Waals surface area contributed by atoms with Gasteiger partial charge in [0, 0.05) is 12.8 Å². The van der Waals surface area contributed by atoms with Gasteiger partial charge in [-0.15, -0.1) is 0 Å². The Hall–Kier alpha value is -1.23. The van der Waals surface area contributed by atoms with E-state index in [0.717, 1.165) is 17.7 Å². The van der Waals surface area contributed by atoms with E-state index >= 15 is 0 Å². The summed E-state index contributed by atoms with van der Waals surface area (Å²) in [5.41, 5.74) is 0.426. The van der Waals surface area contributed by atoms with Crippen molar-refractivity contribution in [1.29, 1.82) is 0 Å². The van der Waals surface area contributed by atoms with Crippen LogP contribution in [-0.2, 0) is 12.0 Å². The molecule has 106 valence electrons. The lowest BCUT2D eigenvalue weighted by Gasteiger charge is -2.24. The number of rotatable bonds is 4. The van der Waals surface area contributed by atoms with Gasteiger partial charge in [0.2, 0.25) is 0 Å². The summed E-state index contributed by atoms with van der Waals surface area (Å²) in [5.74, 6) is 0.801. The average molecular weight is 274 g/mol. The maximum atomic E-state index is 12.1. The van der Waals surface area contributed by atoms with Crippen molar-refractivity contribution in [3.8, 4) is 5.75 Å². The Kier molecular flexibility index (Phi) is 3.76. The van der Waals surface area contributed by atoms with Crippen molar-refractivity contribution >= 4 is 0 Å². The molecule has 1 heterocycles. The number of hydrogen-bond acceptors (Lipinski definition) is 2. The molecule has 0 aliphatic carbocycles. The van der Waals surface area contributed by atoms with Crippen molar-refractivity contribution < 1.29 is 23.0 Å². The quantitative estimate of drug-likeness (QED) is 0.909. The van der Waals surface area contributed by atoms with Gasteiger partial charge in [-0.25, -0.2) is 0 Å². The van der Waals surface area contributed by atoms with Gasteiger partial charge in [0.05, 0.1) is 12.2 Å². The molecule has 0 saturated heterocycles. The van der Waals surface area contributed by atoms with E-state index in [2.05, 4.69) is 0 Å². The van der Waals surface area contributed by atoms with Crippen LogP contribution >= 0.6 is 0 Å². The van der Waals surface area contributed by atoms with Crippen LogP contribution in [0.4, 0.5) is 13.2 Å². The van der Waals surface area contributed by atoms with Gasteiger partial charge in [0.15, 0.2) is 0 Å². The summed E-state index contributed by atoms with van der Waals surface area (Å²) < 4.78 is 41.7. The van der Waals surface area contributed by atoms with Crippen LogP contribution in [0.2, 0.25) is 0 Å². The van der Waals surface area contributed by atoms with Crippen molar-refractivity contribution in [2.45, 2.75) is 44.4 Å². The monoisotopic (exact) mass is 274 g/mol. The summed E-state index contributed by atoms with van der Waals surface area (Å²) in [6, 6.07) is 5.32. The maximum Gasteiger partial charge on any atom is 0.389 e. The molecule has 0 bridgehead atoms. The van der Waals surface area contributed by atoms with Crippen LogP contribution in [0.1, 0.15) is 37.3 Å². The summed E-state index contributed by atoms with van der Waals surface area (Å²) in [6.45, 7) is 2.18. The van der Waals surface area contributed by atoms with Gasteiger partial charge >= 0.3 is 6.18 Å². The van der Waals surface area contributed by atoms with E-state index in [1.165, 1.54) is 0 Å². The number of hydrogen-bond donors (Lipinski definition) is 1. The number of halogens is 3.